The van der Waals surface area contributed by atoms with Gasteiger partial charge in [-0.25, -0.2) is 4.68 Å². The molecule has 2 N–H and O–H groups in total. The second-order valence-corrected chi connectivity index (χ2v) is 4.17. The van der Waals surface area contributed by atoms with E-state index in [9.17, 15) is 4.79 Å². The maximum Gasteiger partial charge on any atom is 0.294 e. The SMILES string of the molecule is CCn1c(C)c(N)c(=O)n1-c1cccc(C)c1. The molecule has 2 rings (SSSR count). The number of hydrogen-bond donors (Lipinski definition) is 1. The highest BCUT2D eigenvalue weighted by Crippen LogP contribution is 2.13. The highest BCUT2D eigenvalue weighted by molar-refractivity contribution is 5.45. The first kappa shape index (κ1) is 11.5. The van der Waals surface area contributed by atoms with Crippen molar-refractivity contribution in [1.82, 2.24) is 9.36 Å². The number of aryl methyl sites for hydroxylation is 1. The smallest absolute Gasteiger partial charge is 0.294 e. The van der Waals surface area contributed by atoms with E-state index >= 15 is 0 Å². The molecule has 1 heterocycles. The molecule has 4 nitrogen and oxygen atoms in total. The summed E-state index contributed by atoms with van der Waals surface area (Å²) < 4.78 is 3.53. The minimum Gasteiger partial charge on any atom is -0.393 e. The number of nitrogens with two attached hydrogens (primary N) is 1. The summed E-state index contributed by atoms with van der Waals surface area (Å²) in [7, 11) is 0. The Kier molecular flexibility index (Phi) is 2.79. The summed E-state index contributed by atoms with van der Waals surface area (Å²) in [6, 6.07) is 7.84. The Hall–Kier alpha value is -1.97. The zero-order valence-corrected chi connectivity index (χ0v) is 10.4. The maximum absolute atomic E-state index is 12.1. The number of aromatic nitrogens is 2. The van der Waals surface area contributed by atoms with E-state index in [4.69, 9.17) is 5.73 Å². The molecule has 0 bridgehead atoms. The fourth-order valence-corrected chi connectivity index (χ4v) is 2.06. The van der Waals surface area contributed by atoms with Crippen LogP contribution in [-0.4, -0.2) is 9.36 Å². The molecular formula is C13H17N3O. The molecule has 0 saturated carbocycles. The Morgan fingerprint density at radius 2 is 2.00 bits per heavy atom. The van der Waals surface area contributed by atoms with E-state index < -0.39 is 0 Å². The van der Waals surface area contributed by atoms with E-state index in [1.54, 1.807) is 4.68 Å². The van der Waals surface area contributed by atoms with Crippen LogP contribution < -0.4 is 11.3 Å². The average Bonchev–Trinajstić information content (AvgIpc) is 2.53. The van der Waals surface area contributed by atoms with Crippen LogP contribution >= 0.6 is 0 Å². The van der Waals surface area contributed by atoms with Gasteiger partial charge in [0.1, 0.15) is 5.69 Å². The van der Waals surface area contributed by atoms with Crippen LogP contribution in [0.15, 0.2) is 29.1 Å². The van der Waals surface area contributed by atoms with Crippen molar-refractivity contribution in [3.8, 4) is 5.69 Å². The third-order valence-corrected chi connectivity index (χ3v) is 2.99. The first-order chi connectivity index (χ1) is 8.06. The number of rotatable bonds is 2. The summed E-state index contributed by atoms with van der Waals surface area (Å²) in [5, 5.41) is 0. The van der Waals surface area contributed by atoms with Crippen LogP contribution in [0.4, 0.5) is 5.69 Å². The van der Waals surface area contributed by atoms with Gasteiger partial charge in [0.2, 0.25) is 0 Å². The van der Waals surface area contributed by atoms with Gasteiger partial charge in [-0.1, -0.05) is 12.1 Å². The zero-order chi connectivity index (χ0) is 12.6. The Morgan fingerprint density at radius 1 is 1.29 bits per heavy atom. The Bertz CT molecular complexity index is 608. The van der Waals surface area contributed by atoms with Crippen molar-refractivity contribution in [2.24, 2.45) is 0 Å². The fraction of sp³-hybridized carbons (Fsp3) is 0.308. The molecule has 0 radical (unpaired) electrons. The second-order valence-electron chi connectivity index (χ2n) is 4.17. The molecule has 0 aliphatic heterocycles. The van der Waals surface area contributed by atoms with E-state index in [2.05, 4.69) is 0 Å². The average molecular weight is 231 g/mol. The number of nitrogens with zero attached hydrogens (tertiary/aromatic N) is 2. The molecule has 0 aliphatic rings. The normalized spacial score (nSPS) is 10.8. The van der Waals surface area contributed by atoms with Gasteiger partial charge in [-0.05, 0) is 38.5 Å². The van der Waals surface area contributed by atoms with Crippen LogP contribution in [0.3, 0.4) is 0 Å². The Morgan fingerprint density at radius 3 is 2.59 bits per heavy atom. The third kappa shape index (κ3) is 1.75. The highest BCUT2D eigenvalue weighted by atomic mass is 16.1. The van der Waals surface area contributed by atoms with Crippen molar-refractivity contribution in [1.29, 1.82) is 0 Å². The van der Waals surface area contributed by atoms with Gasteiger partial charge in [-0.15, -0.1) is 0 Å². The standard InChI is InChI=1S/C13H17N3O/c1-4-15-10(3)12(14)13(17)16(15)11-7-5-6-9(2)8-11/h5-8H,4,14H2,1-3H3. The van der Waals surface area contributed by atoms with Gasteiger partial charge in [0.25, 0.3) is 5.56 Å². The van der Waals surface area contributed by atoms with Crippen LogP contribution in [0.2, 0.25) is 0 Å². The van der Waals surface area contributed by atoms with Gasteiger partial charge in [0.15, 0.2) is 0 Å². The molecule has 0 unspecified atom stereocenters. The summed E-state index contributed by atoms with van der Waals surface area (Å²) in [5.41, 5.74) is 8.78. The molecule has 0 spiro atoms. The number of nitrogen functional groups attached to an aromatic ring is 1. The summed E-state index contributed by atoms with van der Waals surface area (Å²) in [5.74, 6) is 0. The van der Waals surface area contributed by atoms with E-state index in [0.29, 0.717) is 12.2 Å². The largest absolute Gasteiger partial charge is 0.393 e. The molecule has 4 heteroatoms. The molecule has 0 aliphatic carbocycles. The summed E-state index contributed by atoms with van der Waals surface area (Å²) >= 11 is 0. The van der Waals surface area contributed by atoms with Crippen molar-refractivity contribution in [2.75, 3.05) is 5.73 Å². The Labute approximate surface area is 100 Å². The van der Waals surface area contributed by atoms with Gasteiger partial charge >= 0.3 is 0 Å². The van der Waals surface area contributed by atoms with Gasteiger partial charge in [-0.2, -0.15) is 0 Å². The van der Waals surface area contributed by atoms with Crippen molar-refractivity contribution < 1.29 is 0 Å². The van der Waals surface area contributed by atoms with Crippen LogP contribution in [-0.2, 0) is 6.54 Å². The fourth-order valence-electron chi connectivity index (χ4n) is 2.06. The van der Waals surface area contributed by atoms with Gasteiger partial charge in [-0.3, -0.25) is 9.48 Å². The van der Waals surface area contributed by atoms with Crippen LogP contribution in [0, 0.1) is 13.8 Å². The molecule has 90 valence electrons. The highest BCUT2D eigenvalue weighted by Gasteiger charge is 2.14. The first-order valence-electron chi connectivity index (χ1n) is 5.71. The predicted molar refractivity (Wildman–Crippen MR) is 69.6 cm³/mol. The molecule has 2 aromatic rings. The van der Waals surface area contributed by atoms with Gasteiger partial charge < -0.3 is 5.73 Å². The van der Waals surface area contributed by atoms with Crippen molar-refractivity contribution >= 4 is 5.69 Å². The summed E-state index contributed by atoms with van der Waals surface area (Å²) in [6.45, 7) is 6.58. The van der Waals surface area contributed by atoms with Crippen molar-refractivity contribution in [3.05, 3.63) is 45.9 Å². The maximum atomic E-state index is 12.1. The van der Waals surface area contributed by atoms with Crippen molar-refractivity contribution in [3.63, 3.8) is 0 Å². The quantitative estimate of drug-likeness (QED) is 0.857. The summed E-state index contributed by atoms with van der Waals surface area (Å²) in [6.07, 6.45) is 0. The monoisotopic (exact) mass is 231 g/mol. The molecule has 0 saturated heterocycles. The minimum atomic E-state index is -0.144. The van der Waals surface area contributed by atoms with Gasteiger partial charge in [0.05, 0.1) is 11.4 Å². The van der Waals surface area contributed by atoms with E-state index in [1.807, 2.05) is 49.7 Å². The topological polar surface area (TPSA) is 52.9 Å². The minimum absolute atomic E-state index is 0.144. The third-order valence-electron chi connectivity index (χ3n) is 2.99. The first-order valence-corrected chi connectivity index (χ1v) is 5.71. The van der Waals surface area contributed by atoms with Crippen LogP contribution in [0.1, 0.15) is 18.2 Å². The van der Waals surface area contributed by atoms with Gasteiger partial charge in [0, 0.05) is 6.54 Å². The lowest BCUT2D eigenvalue weighted by molar-refractivity contribution is 0.559. The lowest BCUT2D eigenvalue weighted by Gasteiger charge is -2.11. The van der Waals surface area contributed by atoms with Crippen LogP contribution in [0.5, 0.6) is 0 Å². The predicted octanol–water partition coefficient (Wildman–Crippen LogP) is 1.86. The molecule has 1 aromatic heterocycles. The number of anilines is 1. The second kappa shape index (κ2) is 4.13. The zero-order valence-electron chi connectivity index (χ0n) is 10.4. The summed E-state index contributed by atoms with van der Waals surface area (Å²) in [4.78, 5) is 12.1. The molecule has 0 fully saturated rings. The Balaban J connectivity index is 2.75. The molecule has 0 atom stereocenters. The van der Waals surface area contributed by atoms with E-state index in [-0.39, 0.29) is 5.56 Å². The lowest BCUT2D eigenvalue weighted by Crippen LogP contribution is -2.21. The van der Waals surface area contributed by atoms with E-state index in [1.165, 1.54) is 0 Å². The van der Waals surface area contributed by atoms with Crippen molar-refractivity contribution in [2.45, 2.75) is 27.3 Å². The lowest BCUT2D eigenvalue weighted by atomic mass is 10.2. The molecular weight excluding hydrogens is 214 g/mol. The molecule has 1 aromatic carbocycles. The molecule has 17 heavy (non-hydrogen) atoms. The number of hydrogen-bond acceptors (Lipinski definition) is 2. The number of benzene rings is 1. The van der Waals surface area contributed by atoms with E-state index in [0.717, 1.165) is 16.9 Å². The van der Waals surface area contributed by atoms with Crippen LogP contribution in [0.25, 0.3) is 5.69 Å². The molecule has 0 amide bonds.